The predicted octanol–water partition coefficient (Wildman–Crippen LogP) is 3.33. The topological polar surface area (TPSA) is 33.1 Å². The Balaban J connectivity index is 1.56. The minimum Gasteiger partial charge on any atom is -0.376 e. The molecule has 20 heavy (non-hydrogen) atoms. The lowest BCUT2D eigenvalue weighted by Gasteiger charge is -2.54. The van der Waals surface area contributed by atoms with Gasteiger partial charge in [0.05, 0.1) is 0 Å². The molecule has 2 nitrogen and oxygen atoms in total. The molecule has 1 N–H and O–H groups in total. The molecule has 104 valence electrons. The van der Waals surface area contributed by atoms with E-state index in [1.807, 2.05) is 12.1 Å². The van der Waals surface area contributed by atoms with E-state index in [9.17, 15) is 5.11 Å². The molecule has 0 amide bonds. The number of aliphatic hydroxyl groups is 1. The fourth-order valence-corrected chi connectivity index (χ4v) is 5.11. The minimum atomic E-state index is -0.684. The van der Waals surface area contributed by atoms with Crippen LogP contribution in [0, 0.1) is 35.0 Å². The van der Waals surface area contributed by atoms with Gasteiger partial charge in [0.1, 0.15) is 6.10 Å². The summed E-state index contributed by atoms with van der Waals surface area (Å²) in [7, 11) is 0. The summed E-state index contributed by atoms with van der Waals surface area (Å²) in [6.07, 6.45) is 10.9. The second-order valence-electron chi connectivity index (χ2n) is 7.16. The van der Waals surface area contributed by atoms with Crippen molar-refractivity contribution in [3.8, 4) is 11.8 Å². The summed E-state index contributed by atoms with van der Waals surface area (Å²) in [5, 5.41) is 10.2. The molecule has 0 aliphatic heterocycles. The first-order valence-corrected chi connectivity index (χ1v) is 7.83. The van der Waals surface area contributed by atoms with E-state index in [2.05, 4.69) is 16.8 Å². The van der Waals surface area contributed by atoms with E-state index in [-0.39, 0.29) is 5.41 Å². The van der Waals surface area contributed by atoms with E-state index in [4.69, 9.17) is 0 Å². The summed E-state index contributed by atoms with van der Waals surface area (Å²) in [5.41, 5.74) is 1.03. The molecule has 4 bridgehead atoms. The predicted molar refractivity (Wildman–Crippen MR) is 77.6 cm³/mol. The first-order chi connectivity index (χ1) is 9.72. The van der Waals surface area contributed by atoms with Gasteiger partial charge in [0, 0.05) is 23.4 Å². The fraction of sp³-hybridized carbons (Fsp3) is 0.611. The van der Waals surface area contributed by atoms with Gasteiger partial charge in [0.25, 0.3) is 0 Å². The summed E-state index contributed by atoms with van der Waals surface area (Å²) in [4.78, 5) is 4.05. The highest BCUT2D eigenvalue weighted by Gasteiger charge is 2.50. The van der Waals surface area contributed by atoms with Gasteiger partial charge in [-0.25, -0.2) is 0 Å². The van der Waals surface area contributed by atoms with Crippen LogP contribution >= 0.6 is 0 Å². The molecule has 5 rings (SSSR count). The fourth-order valence-electron chi connectivity index (χ4n) is 5.11. The molecule has 4 aliphatic carbocycles. The summed E-state index contributed by atoms with van der Waals surface area (Å²) < 4.78 is 0. The molecule has 0 aromatic carbocycles. The quantitative estimate of drug-likeness (QED) is 0.792. The molecule has 1 unspecified atom stereocenters. The van der Waals surface area contributed by atoms with Crippen LogP contribution in [0.5, 0.6) is 0 Å². The zero-order valence-electron chi connectivity index (χ0n) is 11.8. The molecule has 4 saturated carbocycles. The van der Waals surface area contributed by atoms with Crippen LogP contribution in [-0.4, -0.2) is 10.1 Å². The smallest absolute Gasteiger partial charge is 0.141 e. The average molecular weight is 267 g/mol. The number of nitrogens with zero attached hydrogens (tertiary/aromatic N) is 1. The van der Waals surface area contributed by atoms with Crippen molar-refractivity contribution in [3.05, 3.63) is 30.1 Å². The molecule has 4 aliphatic rings. The zero-order valence-corrected chi connectivity index (χ0v) is 11.8. The second kappa shape index (κ2) is 4.60. The maximum atomic E-state index is 10.2. The van der Waals surface area contributed by atoms with Crippen molar-refractivity contribution in [1.82, 2.24) is 4.98 Å². The number of pyridine rings is 1. The first kappa shape index (κ1) is 12.4. The summed E-state index contributed by atoms with van der Waals surface area (Å²) in [5.74, 6) is 9.34. The number of hydrogen-bond acceptors (Lipinski definition) is 2. The number of hydrogen-bond donors (Lipinski definition) is 1. The maximum absolute atomic E-state index is 10.2. The van der Waals surface area contributed by atoms with Crippen molar-refractivity contribution in [2.45, 2.75) is 44.6 Å². The van der Waals surface area contributed by atoms with Crippen LogP contribution in [0.3, 0.4) is 0 Å². The van der Waals surface area contributed by atoms with Crippen LogP contribution in [0.4, 0.5) is 0 Å². The largest absolute Gasteiger partial charge is 0.376 e. The van der Waals surface area contributed by atoms with Gasteiger partial charge in [0.15, 0.2) is 0 Å². The van der Waals surface area contributed by atoms with Crippen LogP contribution in [0.2, 0.25) is 0 Å². The van der Waals surface area contributed by atoms with E-state index < -0.39 is 6.10 Å². The highest BCUT2D eigenvalue weighted by molar-refractivity contribution is 5.26. The Labute approximate surface area is 120 Å². The van der Waals surface area contributed by atoms with Gasteiger partial charge in [-0.15, -0.1) is 0 Å². The molecular weight excluding hydrogens is 246 g/mol. The van der Waals surface area contributed by atoms with Gasteiger partial charge in [-0.05, 0) is 62.3 Å². The molecule has 1 heterocycles. The van der Waals surface area contributed by atoms with Crippen molar-refractivity contribution < 1.29 is 5.11 Å². The number of aliphatic hydroxyl groups excluding tert-OH is 1. The molecule has 4 fully saturated rings. The lowest BCUT2D eigenvalue weighted by Crippen LogP contribution is -2.45. The monoisotopic (exact) mass is 267 g/mol. The highest BCUT2D eigenvalue weighted by atomic mass is 16.3. The molecule has 1 aromatic rings. The third-order valence-corrected chi connectivity index (χ3v) is 5.51. The van der Waals surface area contributed by atoms with Crippen molar-refractivity contribution in [1.29, 1.82) is 0 Å². The summed E-state index contributed by atoms with van der Waals surface area (Å²) in [6, 6.07) is 3.75. The Morgan fingerprint density at radius 2 is 1.80 bits per heavy atom. The molecule has 0 saturated heterocycles. The lowest BCUT2D eigenvalue weighted by atomic mass is 9.50. The van der Waals surface area contributed by atoms with Gasteiger partial charge >= 0.3 is 0 Å². The Hall–Kier alpha value is -1.33. The Bertz CT molecular complexity index is 518. The Kier molecular flexibility index (Phi) is 2.86. The normalized spacial score (nSPS) is 39.1. The van der Waals surface area contributed by atoms with Crippen LogP contribution in [0.15, 0.2) is 24.5 Å². The SMILES string of the molecule is OC(C#CC12CC3CC(CC(C3)C1)C2)c1cccnc1. The van der Waals surface area contributed by atoms with Crippen LogP contribution in [0.25, 0.3) is 0 Å². The number of aromatic nitrogens is 1. The minimum absolute atomic E-state index is 0.220. The Morgan fingerprint density at radius 3 is 2.35 bits per heavy atom. The molecule has 1 aromatic heterocycles. The van der Waals surface area contributed by atoms with E-state index in [0.717, 1.165) is 23.3 Å². The number of rotatable bonds is 1. The first-order valence-electron chi connectivity index (χ1n) is 7.83. The molecule has 0 spiro atoms. The second-order valence-corrected chi connectivity index (χ2v) is 7.16. The van der Waals surface area contributed by atoms with Crippen molar-refractivity contribution in [2.24, 2.45) is 23.2 Å². The molecule has 0 radical (unpaired) electrons. The maximum Gasteiger partial charge on any atom is 0.141 e. The Morgan fingerprint density at radius 1 is 1.15 bits per heavy atom. The lowest BCUT2D eigenvalue weighted by molar-refractivity contribution is -0.0183. The average Bonchev–Trinajstić information content (AvgIpc) is 2.44. The zero-order chi connectivity index (χ0) is 13.6. The van der Waals surface area contributed by atoms with Gasteiger partial charge in [-0.3, -0.25) is 4.98 Å². The summed E-state index contributed by atoms with van der Waals surface area (Å²) in [6.45, 7) is 0. The van der Waals surface area contributed by atoms with Crippen LogP contribution in [0.1, 0.15) is 50.2 Å². The molecule has 2 heteroatoms. The van der Waals surface area contributed by atoms with Crippen molar-refractivity contribution in [2.75, 3.05) is 0 Å². The van der Waals surface area contributed by atoms with Gasteiger partial charge in [0.2, 0.25) is 0 Å². The van der Waals surface area contributed by atoms with E-state index in [1.54, 1.807) is 12.4 Å². The van der Waals surface area contributed by atoms with Crippen molar-refractivity contribution in [3.63, 3.8) is 0 Å². The molecular formula is C18H21NO. The standard InChI is InChI=1S/C18H21NO/c20-17(16-2-1-5-19-12-16)3-4-18-9-13-6-14(10-18)8-15(7-13)11-18/h1-2,5,12-15,17,20H,6-11H2. The van der Waals surface area contributed by atoms with Gasteiger partial charge in [-0.1, -0.05) is 17.9 Å². The molecule has 1 atom stereocenters. The van der Waals surface area contributed by atoms with Gasteiger partial charge < -0.3 is 5.11 Å². The van der Waals surface area contributed by atoms with E-state index in [1.165, 1.54) is 38.5 Å². The third kappa shape index (κ3) is 2.15. The third-order valence-electron chi connectivity index (χ3n) is 5.51. The summed E-state index contributed by atoms with van der Waals surface area (Å²) >= 11 is 0. The van der Waals surface area contributed by atoms with E-state index >= 15 is 0 Å². The highest BCUT2D eigenvalue weighted by Crippen LogP contribution is 2.59. The van der Waals surface area contributed by atoms with Gasteiger partial charge in [-0.2, -0.15) is 0 Å². The van der Waals surface area contributed by atoms with Crippen molar-refractivity contribution >= 4 is 0 Å². The van der Waals surface area contributed by atoms with Crippen LogP contribution < -0.4 is 0 Å². The van der Waals surface area contributed by atoms with Crippen LogP contribution in [-0.2, 0) is 0 Å². The van der Waals surface area contributed by atoms with E-state index in [0.29, 0.717) is 0 Å².